The summed E-state index contributed by atoms with van der Waals surface area (Å²) in [6, 6.07) is 6.15. The first-order valence-corrected chi connectivity index (χ1v) is 4.81. The number of aliphatic hydroxyl groups excluding tert-OH is 1. The normalized spacial score (nSPS) is 17.1. The molecule has 1 unspecified atom stereocenters. The lowest BCUT2D eigenvalue weighted by Crippen LogP contribution is -2.13. The zero-order valence-corrected chi connectivity index (χ0v) is 7.66. The largest absolute Gasteiger partial charge is 0.387 e. The van der Waals surface area contributed by atoms with Crippen LogP contribution >= 0.6 is 0 Å². The molecule has 70 valence electrons. The van der Waals surface area contributed by atoms with Crippen molar-refractivity contribution >= 4 is 0 Å². The summed E-state index contributed by atoms with van der Waals surface area (Å²) < 4.78 is 0. The lowest BCUT2D eigenvalue weighted by Gasteiger charge is -2.12. The van der Waals surface area contributed by atoms with Crippen molar-refractivity contribution in [3.8, 4) is 0 Å². The van der Waals surface area contributed by atoms with Crippen LogP contribution < -0.4 is 5.73 Å². The maximum absolute atomic E-state index is 9.67. The smallest absolute Gasteiger partial charge is 0.0914 e. The highest BCUT2D eigenvalue weighted by molar-refractivity contribution is 5.39. The number of hydrogen-bond donors (Lipinski definition) is 2. The molecule has 0 spiro atoms. The Morgan fingerprint density at radius 1 is 1.38 bits per heavy atom. The molecule has 0 amide bonds. The van der Waals surface area contributed by atoms with Gasteiger partial charge in [0.25, 0.3) is 0 Å². The summed E-state index contributed by atoms with van der Waals surface area (Å²) >= 11 is 0. The maximum Gasteiger partial charge on any atom is 0.0914 e. The van der Waals surface area contributed by atoms with Crippen molar-refractivity contribution < 1.29 is 5.11 Å². The number of nitrogens with two attached hydrogens (primary N) is 1. The molecule has 0 saturated carbocycles. The Kier molecular flexibility index (Phi) is 2.34. The fourth-order valence-corrected chi connectivity index (χ4v) is 2.09. The molecule has 3 N–H and O–H groups in total. The summed E-state index contributed by atoms with van der Waals surface area (Å²) in [5, 5.41) is 9.67. The predicted octanol–water partition coefficient (Wildman–Crippen LogP) is 1.17. The van der Waals surface area contributed by atoms with E-state index in [0.29, 0.717) is 6.54 Å². The van der Waals surface area contributed by atoms with Gasteiger partial charge in [-0.05, 0) is 36.0 Å². The van der Waals surface area contributed by atoms with Gasteiger partial charge in [0.15, 0.2) is 0 Å². The minimum Gasteiger partial charge on any atom is -0.387 e. The molecule has 1 aliphatic rings. The minimum atomic E-state index is -0.479. The Hall–Kier alpha value is -0.860. The van der Waals surface area contributed by atoms with Crippen LogP contribution in [0.4, 0.5) is 0 Å². The van der Waals surface area contributed by atoms with Crippen molar-refractivity contribution in [2.75, 3.05) is 6.54 Å². The molecule has 2 rings (SSSR count). The molecule has 1 atom stereocenters. The van der Waals surface area contributed by atoms with E-state index >= 15 is 0 Å². The van der Waals surface area contributed by atoms with Crippen molar-refractivity contribution in [3.63, 3.8) is 0 Å². The van der Waals surface area contributed by atoms with Gasteiger partial charge in [0.2, 0.25) is 0 Å². The summed E-state index contributed by atoms with van der Waals surface area (Å²) in [4.78, 5) is 0. The van der Waals surface area contributed by atoms with Crippen LogP contribution in [-0.4, -0.2) is 11.7 Å². The van der Waals surface area contributed by atoms with E-state index in [1.54, 1.807) is 0 Å². The zero-order valence-electron chi connectivity index (χ0n) is 7.66. The summed E-state index contributed by atoms with van der Waals surface area (Å²) in [6.45, 7) is 0.316. The van der Waals surface area contributed by atoms with Crippen LogP contribution in [0.15, 0.2) is 18.2 Å². The van der Waals surface area contributed by atoms with E-state index in [4.69, 9.17) is 5.73 Å². The predicted molar refractivity (Wildman–Crippen MR) is 52.5 cm³/mol. The van der Waals surface area contributed by atoms with Gasteiger partial charge in [-0.15, -0.1) is 0 Å². The highest BCUT2D eigenvalue weighted by Crippen LogP contribution is 2.28. The van der Waals surface area contributed by atoms with E-state index in [1.807, 2.05) is 12.1 Å². The van der Waals surface area contributed by atoms with Crippen molar-refractivity contribution in [3.05, 3.63) is 34.9 Å². The molecule has 13 heavy (non-hydrogen) atoms. The van der Waals surface area contributed by atoms with Crippen LogP contribution in [-0.2, 0) is 12.8 Å². The second kappa shape index (κ2) is 3.48. The van der Waals surface area contributed by atoms with Crippen LogP contribution in [0.1, 0.15) is 29.2 Å². The van der Waals surface area contributed by atoms with E-state index in [0.717, 1.165) is 18.4 Å². The SMILES string of the molecule is NCC(O)c1cccc2c1CCC2. The maximum atomic E-state index is 9.67. The average molecular weight is 177 g/mol. The quantitative estimate of drug-likeness (QED) is 0.712. The van der Waals surface area contributed by atoms with Crippen molar-refractivity contribution in [1.82, 2.24) is 0 Å². The first kappa shape index (κ1) is 8.73. The lowest BCUT2D eigenvalue weighted by atomic mass is 9.99. The van der Waals surface area contributed by atoms with E-state index in [9.17, 15) is 5.11 Å². The summed E-state index contributed by atoms with van der Waals surface area (Å²) in [5.41, 5.74) is 9.21. The van der Waals surface area contributed by atoms with Crippen molar-refractivity contribution in [1.29, 1.82) is 0 Å². The molecular formula is C11H15NO. The fraction of sp³-hybridized carbons (Fsp3) is 0.455. The first-order valence-electron chi connectivity index (χ1n) is 4.81. The number of fused-ring (bicyclic) bond motifs is 1. The number of rotatable bonds is 2. The Bertz CT molecular complexity index is 309. The van der Waals surface area contributed by atoms with Gasteiger partial charge in [-0.2, -0.15) is 0 Å². The number of aryl methyl sites for hydroxylation is 1. The molecule has 0 heterocycles. The third-order valence-corrected chi connectivity index (χ3v) is 2.76. The second-order valence-corrected chi connectivity index (χ2v) is 3.59. The van der Waals surface area contributed by atoms with E-state index in [-0.39, 0.29) is 0 Å². The van der Waals surface area contributed by atoms with Crippen LogP contribution in [0.5, 0.6) is 0 Å². The molecule has 1 aliphatic carbocycles. The van der Waals surface area contributed by atoms with Crippen LogP contribution in [0, 0.1) is 0 Å². The van der Waals surface area contributed by atoms with Crippen LogP contribution in [0.25, 0.3) is 0 Å². The molecule has 1 aromatic rings. The number of aliphatic hydroxyl groups is 1. The highest BCUT2D eigenvalue weighted by atomic mass is 16.3. The minimum absolute atomic E-state index is 0.316. The van der Waals surface area contributed by atoms with Gasteiger partial charge < -0.3 is 10.8 Å². The van der Waals surface area contributed by atoms with Gasteiger partial charge in [-0.25, -0.2) is 0 Å². The molecule has 2 heteroatoms. The van der Waals surface area contributed by atoms with Gasteiger partial charge in [0.05, 0.1) is 6.10 Å². The molecule has 0 aromatic heterocycles. The fourth-order valence-electron chi connectivity index (χ4n) is 2.09. The standard InChI is InChI=1S/C11H15NO/c12-7-11(13)10-6-2-4-8-3-1-5-9(8)10/h2,4,6,11,13H,1,3,5,7,12H2. The Morgan fingerprint density at radius 3 is 3.00 bits per heavy atom. The molecule has 0 saturated heterocycles. The van der Waals surface area contributed by atoms with E-state index in [1.165, 1.54) is 17.5 Å². The topological polar surface area (TPSA) is 46.2 Å². The van der Waals surface area contributed by atoms with Gasteiger partial charge in [0, 0.05) is 6.54 Å². The van der Waals surface area contributed by atoms with E-state index < -0.39 is 6.10 Å². The van der Waals surface area contributed by atoms with Gasteiger partial charge in [-0.1, -0.05) is 18.2 Å². The molecular weight excluding hydrogens is 162 g/mol. The van der Waals surface area contributed by atoms with Crippen LogP contribution in [0.3, 0.4) is 0 Å². The summed E-state index contributed by atoms with van der Waals surface area (Å²) in [7, 11) is 0. The van der Waals surface area contributed by atoms with Gasteiger partial charge in [-0.3, -0.25) is 0 Å². The molecule has 0 fully saturated rings. The van der Waals surface area contributed by atoms with Gasteiger partial charge in [0.1, 0.15) is 0 Å². The summed E-state index contributed by atoms with van der Waals surface area (Å²) in [6.07, 6.45) is 2.99. The number of hydrogen-bond acceptors (Lipinski definition) is 2. The lowest BCUT2D eigenvalue weighted by molar-refractivity contribution is 0.186. The highest BCUT2D eigenvalue weighted by Gasteiger charge is 2.17. The molecule has 0 bridgehead atoms. The summed E-state index contributed by atoms with van der Waals surface area (Å²) in [5.74, 6) is 0. The Balaban J connectivity index is 2.41. The number of benzene rings is 1. The third-order valence-electron chi connectivity index (χ3n) is 2.76. The Labute approximate surface area is 78.4 Å². The average Bonchev–Trinajstić information content (AvgIpc) is 2.63. The monoisotopic (exact) mass is 177 g/mol. The zero-order chi connectivity index (χ0) is 9.26. The van der Waals surface area contributed by atoms with Crippen LogP contribution in [0.2, 0.25) is 0 Å². The Morgan fingerprint density at radius 2 is 2.23 bits per heavy atom. The van der Waals surface area contributed by atoms with Crippen molar-refractivity contribution in [2.45, 2.75) is 25.4 Å². The van der Waals surface area contributed by atoms with E-state index in [2.05, 4.69) is 6.07 Å². The molecule has 2 nitrogen and oxygen atoms in total. The van der Waals surface area contributed by atoms with Gasteiger partial charge >= 0.3 is 0 Å². The third kappa shape index (κ3) is 1.47. The first-order chi connectivity index (χ1) is 6.33. The second-order valence-electron chi connectivity index (χ2n) is 3.59. The molecule has 0 radical (unpaired) electrons. The molecule has 0 aliphatic heterocycles. The van der Waals surface area contributed by atoms with Crippen molar-refractivity contribution in [2.24, 2.45) is 5.73 Å². The molecule has 1 aromatic carbocycles.